The highest BCUT2D eigenvalue weighted by molar-refractivity contribution is 8.00. The highest BCUT2D eigenvalue weighted by Crippen LogP contribution is 2.21. The van der Waals surface area contributed by atoms with E-state index in [1.807, 2.05) is 5.32 Å². The van der Waals surface area contributed by atoms with E-state index in [-0.39, 0.29) is 11.4 Å². The summed E-state index contributed by atoms with van der Waals surface area (Å²) in [6, 6.07) is 3.04. The van der Waals surface area contributed by atoms with Gasteiger partial charge in [-0.25, -0.2) is 9.18 Å². The maximum atomic E-state index is 12.9. The van der Waals surface area contributed by atoms with E-state index in [2.05, 4.69) is 0 Å². The van der Waals surface area contributed by atoms with Crippen molar-refractivity contribution < 1.29 is 14.0 Å². The van der Waals surface area contributed by atoms with Crippen molar-refractivity contribution >= 4 is 29.4 Å². The quantitative estimate of drug-likeness (QED) is 0.537. The van der Waals surface area contributed by atoms with Gasteiger partial charge in [-0.3, -0.25) is 10.1 Å². The second-order valence-corrected chi connectivity index (χ2v) is 3.97. The molecule has 7 heteroatoms. The van der Waals surface area contributed by atoms with Crippen LogP contribution < -0.4 is 16.8 Å². The van der Waals surface area contributed by atoms with E-state index in [4.69, 9.17) is 11.5 Å². The van der Waals surface area contributed by atoms with Crippen molar-refractivity contribution in [2.75, 3.05) is 11.5 Å². The lowest BCUT2D eigenvalue weighted by Gasteiger charge is -2.03. The third-order valence-corrected chi connectivity index (χ3v) is 2.50. The number of amides is 3. The minimum Gasteiger partial charge on any atom is -0.399 e. The molecule has 0 saturated heterocycles. The summed E-state index contributed by atoms with van der Waals surface area (Å²) in [5, 5.41) is 1.90. The van der Waals surface area contributed by atoms with Gasteiger partial charge in [0.15, 0.2) is 0 Å². The maximum absolute atomic E-state index is 12.9. The van der Waals surface area contributed by atoms with Crippen molar-refractivity contribution in [1.29, 1.82) is 0 Å². The number of halogens is 1. The molecule has 0 heterocycles. The normalized spacial score (nSPS) is 9.81. The third kappa shape index (κ3) is 4.18. The van der Waals surface area contributed by atoms with Crippen LogP contribution in [0.3, 0.4) is 0 Å². The van der Waals surface area contributed by atoms with E-state index < -0.39 is 17.8 Å². The number of rotatable bonds is 3. The Labute approximate surface area is 95.4 Å². The Morgan fingerprint density at radius 3 is 2.62 bits per heavy atom. The lowest BCUT2D eigenvalue weighted by molar-refractivity contribution is -0.117. The second kappa shape index (κ2) is 5.36. The average Bonchev–Trinajstić information content (AvgIpc) is 2.12. The summed E-state index contributed by atoms with van der Waals surface area (Å²) in [6.45, 7) is 0. The number of anilines is 1. The number of thioether (sulfide) groups is 1. The smallest absolute Gasteiger partial charge is 0.318 e. The lowest BCUT2D eigenvalue weighted by Crippen LogP contribution is -2.36. The first-order valence-corrected chi connectivity index (χ1v) is 5.24. The minimum absolute atomic E-state index is 0.0359. The summed E-state index contributed by atoms with van der Waals surface area (Å²) in [5.74, 6) is -1.05. The van der Waals surface area contributed by atoms with Crippen LogP contribution in [-0.4, -0.2) is 17.7 Å². The number of primary amides is 1. The van der Waals surface area contributed by atoms with Crippen LogP contribution >= 0.6 is 11.8 Å². The minimum atomic E-state index is -0.913. The zero-order valence-electron chi connectivity index (χ0n) is 8.20. The molecule has 0 saturated carbocycles. The number of nitrogens with one attached hydrogen (secondary N) is 1. The van der Waals surface area contributed by atoms with Crippen molar-refractivity contribution in [3.63, 3.8) is 0 Å². The molecular formula is C9H10FN3O2S. The van der Waals surface area contributed by atoms with Gasteiger partial charge in [-0.2, -0.15) is 0 Å². The van der Waals surface area contributed by atoms with Crippen LogP contribution in [0.25, 0.3) is 0 Å². The summed E-state index contributed by atoms with van der Waals surface area (Å²) in [4.78, 5) is 21.9. The molecule has 0 aromatic heterocycles. The Balaban J connectivity index is 2.54. The van der Waals surface area contributed by atoms with Gasteiger partial charge in [0.05, 0.1) is 5.75 Å². The number of hydrogen-bond donors (Lipinski definition) is 3. The number of hydrogen-bond acceptors (Lipinski definition) is 4. The van der Waals surface area contributed by atoms with Gasteiger partial charge in [0.25, 0.3) is 0 Å². The summed E-state index contributed by atoms with van der Waals surface area (Å²) in [7, 11) is 0. The van der Waals surface area contributed by atoms with Crippen LogP contribution in [0, 0.1) is 5.82 Å². The summed E-state index contributed by atoms with van der Waals surface area (Å²) in [5.41, 5.74) is 10.4. The van der Waals surface area contributed by atoms with Crippen LogP contribution in [0.15, 0.2) is 23.1 Å². The zero-order chi connectivity index (χ0) is 12.1. The topological polar surface area (TPSA) is 98.2 Å². The van der Waals surface area contributed by atoms with Crippen molar-refractivity contribution in [3.05, 3.63) is 24.0 Å². The Morgan fingerprint density at radius 2 is 2.06 bits per heavy atom. The van der Waals surface area contributed by atoms with E-state index in [0.717, 1.165) is 11.8 Å². The van der Waals surface area contributed by atoms with E-state index >= 15 is 0 Å². The summed E-state index contributed by atoms with van der Waals surface area (Å²) < 4.78 is 12.9. The van der Waals surface area contributed by atoms with Gasteiger partial charge >= 0.3 is 6.03 Å². The van der Waals surface area contributed by atoms with Crippen molar-refractivity contribution in [2.45, 2.75) is 4.90 Å². The first-order valence-electron chi connectivity index (χ1n) is 4.25. The molecule has 0 aliphatic heterocycles. The van der Waals surface area contributed by atoms with Gasteiger partial charge in [0.2, 0.25) is 5.91 Å². The Kier molecular flexibility index (Phi) is 4.12. The first kappa shape index (κ1) is 12.3. The van der Waals surface area contributed by atoms with Crippen LogP contribution in [0.5, 0.6) is 0 Å². The van der Waals surface area contributed by atoms with Gasteiger partial charge in [-0.1, -0.05) is 0 Å². The monoisotopic (exact) mass is 243 g/mol. The van der Waals surface area contributed by atoms with E-state index in [1.165, 1.54) is 18.2 Å². The highest BCUT2D eigenvalue weighted by Gasteiger charge is 2.06. The first-order chi connectivity index (χ1) is 7.47. The number of benzene rings is 1. The molecule has 3 amide bonds. The van der Waals surface area contributed by atoms with Crippen LogP contribution in [0.4, 0.5) is 14.9 Å². The third-order valence-electron chi connectivity index (χ3n) is 1.53. The number of carbonyl (C=O) groups excluding carboxylic acids is 2. The number of urea groups is 1. The SMILES string of the molecule is NC(=O)NC(=O)CSc1cc(N)cc(F)c1. The van der Waals surface area contributed by atoms with Gasteiger partial charge in [-0.05, 0) is 18.2 Å². The maximum Gasteiger partial charge on any atom is 0.318 e. The number of nitrogen functional groups attached to an aromatic ring is 1. The number of nitrogens with two attached hydrogens (primary N) is 2. The molecule has 1 rings (SSSR count). The fourth-order valence-corrected chi connectivity index (χ4v) is 1.78. The molecule has 86 valence electrons. The number of imide groups is 1. The van der Waals surface area contributed by atoms with Gasteiger partial charge in [0.1, 0.15) is 5.82 Å². The molecular weight excluding hydrogens is 233 g/mol. The summed E-state index contributed by atoms with van der Waals surface area (Å²) >= 11 is 1.06. The average molecular weight is 243 g/mol. The summed E-state index contributed by atoms with van der Waals surface area (Å²) in [6.07, 6.45) is 0. The van der Waals surface area contributed by atoms with Crippen molar-refractivity contribution in [2.24, 2.45) is 5.73 Å². The molecule has 0 bridgehead atoms. The molecule has 0 spiro atoms. The fourth-order valence-electron chi connectivity index (χ4n) is 0.990. The zero-order valence-corrected chi connectivity index (χ0v) is 9.01. The molecule has 16 heavy (non-hydrogen) atoms. The molecule has 0 radical (unpaired) electrons. The molecule has 5 N–H and O–H groups in total. The lowest BCUT2D eigenvalue weighted by atomic mass is 10.3. The molecule has 1 aromatic rings. The number of carbonyl (C=O) groups is 2. The Bertz CT molecular complexity index is 405. The largest absolute Gasteiger partial charge is 0.399 e. The van der Waals surface area contributed by atoms with E-state index in [9.17, 15) is 14.0 Å². The van der Waals surface area contributed by atoms with E-state index in [0.29, 0.717) is 4.90 Å². The molecule has 0 aliphatic carbocycles. The highest BCUT2D eigenvalue weighted by atomic mass is 32.2. The van der Waals surface area contributed by atoms with E-state index in [1.54, 1.807) is 0 Å². The predicted octanol–water partition coefficient (Wildman–Crippen LogP) is 0.695. The van der Waals surface area contributed by atoms with Crippen molar-refractivity contribution in [3.8, 4) is 0 Å². The molecule has 1 aromatic carbocycles. The van der Waals surface area contributed by atoms with Crippen LogP contribution in [-0.2, 0) is 4.79 Å². The van der Waals surface area contributed by atoms with Crippen molar-refractivity contribution in [1.82, 2.24) is 5.32 Å². The second-order valence-electron chi connectivity index (χ2n) is 2.92. The Morgan fingerprint density at radius 1 is 1.38 bits per heavy atom. The molecule has 0 fully saturated rings. The van der Waals surface area contributed by atoms with Gasteiger partial charge < -0.3 is 11.5 Å². The standard InChI is InChI=1S/C9H10FN3O2S/c10-5-1-6(11)3-7(2-5)16-4-8(14)13-9(12)15/h1-3H,4,11H2,(H3,12,13,14,15). The fraction of sp³-hybridized carbons (Fsp3) is 0.111. The molecule has 0 unspecified atom stereocenters. The van der Waals surface area contributed by atoms with Crippen LogP contribution in [0.1, 0.15) is 0 Å². The molecule has 0 aliphatic rings. The Hall–Kier alpha value is -1.76. The van der Waals surface area contributed by atoms with Gasteiger partial charge in [-0.15, -0.1) is 11.8 Å². The predicted molar refractivity (Wildman–Crippen MR) is 59.3 cm³/mol. The van der Waals surface area contributed by atoms with Gasteiger partial charge in [0, 0.05) is 10.6 Å². The molecule has 0 atom stereocenters. The van der Waals surface area contributed by atoms with Crippen LogP contribution in [0.2, 0.25) is 0 Å². The molecule has 5 nitrogen and oxygen atoms in total.